The van der Waals surface area contributed by atoms with Crippen molar-refractivity contribution in [1.29, 1.82) is 0 Å². The van der Waals surface area contributed by atoms with E-state index in [9.17, 15) is 9.90 Å². The number of aliphatic hydroxyl groups excluding tert-OH is 1. The van der Waals surface area contributed by atoms with Crippen LogP contribution in [0.2, 0.25) is 0 Å². The summed E-state index contributed by atoms with van der Waals surface area (Å²) in [6, 6.07) is 10.5. The third-order valence-corrected chi connectivity index (χ3v) is 4.05. The summed E-state index contributed by atoms with van der Waals surface area (Å²) in [5.41, 5.74) is 0.612. The summed E-state index contributed by atoms with van der Waals surface area (Å²) >= 11 is 0. The van der Waals surface area contributed by atoms with Crippen molar-refractivity contribution in [2.75, 3.05) is 13.7 Å². The molecule has 0 radical (unpaired) electrons. The van der Waals surface area contributed by atoms with Crippen molar-refractivity contribution < 1.29 is 19.1 Å². The van der Waals surface area contributed by atoms with E-state index in [1.54, 1.807) is 60.9 Å². The zero-order valence-electron chi connectivity index (χ0n) is 12.9. The van der Waals surface area contributed by atoms with Crippen LogP contribution in [0.5, 0.6) is 5.75 Å². The van der Waals surface area contributed by atoms with Gasteiger partial charge in [-0.25, -0.2) is 0 Å². The molecule has 5 heteroatoms. The van der Waals surface area contributed by atoms with Gasteiger partial charge in [0.15, 0.2) is 0 Å². The van der Waals surface area contributed by atoms with Crippen LogP contribution in [0.3, 0.4) is 0 Å². The van der Waals surface area contributed by atoms with E-state index < -0.39 is 6.10 Å². The van der Waals surface area contributed by atoms with Gasteiger partial charge in [0.1, 0.15) is 17.6 Å². The second-order valence-corrected chi connectivity index (χ2v) is 5.48. The fourth-order valence-electron chi connectivity index (χ4n) is 2.68. The van der Waals surface area contributed by atoms with E-state index in [0.29, 0.717) is 24.3 Å². The largest absolute Gasteiger partial charge is 0.497 e. The van der Waals surface area contributed by atoms with Crippen molar-refractivity contribution in [2.45, 2.75) is 12.5 Å². The normalized spacial score (nSPS) is 18.7. The van der Waals surface area contributed by atoms with Crippen molar-refractivity contribution in [3.05, 3.63) is 66.3 Å². The number of benzene rings is 1. The molecule has 0 bridgehead atoms. The summed E-state index contributed by atoms with van der Waals surface area (Å²) in [6.45, 7) is 0.559. The Hall–Kier alpha value is -2.53. The summed E-state index contributed by atoms with van der Waals surface area (Å²) in [4.78, 5) is 14.1. The highest BCUT2D eigenvalue weighted by Crippen LogP contribution is 2.29. The van der Waals surface area contributed by atoms with Crippen LogP contribution in [-0.2, 0) is 0 Å². The monoisotopic (exact) mass is 313 g/mol. The first-order valence-electron chi connectivity index (χ1n) is 7.54. The number of hydrogen-bond donors (Lipinski definition) is 1. The topological polar surface area (TPSA) is 62.9 Å². The van der Waals surface area contributed by atoms with Gasteiger partial charge in [-0.05, 0) is 42.8 Å². The molecule has 23 heavy (non-hydrogen) atoms. The van der Waals surface area contributed by atoms with Crippen molar-refractivity contribution in [3.63, 3.8) is 0 Å². The number of methoxy groups -OCH3 is 1. The number of rotatable bonds is 4. The molecule has 120 valence electrons. The molecule has 2 heterocycles. The maximum atomic E-state index is 12.5. The van der Waals surface area contributed by atoms with E-state index in [1.807, 2.05) is 6.08 Å². The third-order valence-electron chi connectivity index (χ3n) is 4.05. The molecule has 5 nitrogen and oxygen atoms in total. The van der Waals surface area contributed by atoms with Crippen LogP contribution >= 0.6 is 0 Å². The quantitative estimate of drug-likeness (QED) is 0.942. The van der Waals surface area contributed by atoms with Crippen molar-refractivity contribution in [3.8, 4) is 5.75 Å². The number of amides is 1. The van der Waals surface area contributed by atoms with Gasteiger partial charge in [0, 0.05) is 24.2 Å². The van der Waals surface area contributed by atoms with Gasteiger partial charge in [-0.3, -0.25) is 4.79 Å². The summed E-state index contributed by atoms with van der Waals surface area (Å²) in [6.07, 6.45) is 5.15. The van der Waals surface area contributed by atoms with Crippen LogP contribution in [0, 0.1) is 5.92 Å². The molecule has 3 rings (SSSR count). The Morgan fingerprint density at radius 3 is 2.70 bits per heavy atom. The minimum atomic E-state index is -0.681. The molecule has 1 aromatic heterocycles. The Balaban J connectivity index is 1.66. The smallest absolute Gasteiger partial charge is 0.257 e. The lowest BCUT2D eigenvalue weighted by molar-refractivity contribution is 0.0724. The molecule has 0 saturated heterocycles. The number of ether oxygens (including phenoxy) is 1. The van der Waals surface area contributed by atoms with Gasteiger partial charge in [0.2, 0.25) is 0 Å². The van der Waals surface area contributed by atoms with Gasteiger partial charge in [0.25, 0.3) is 5.91 Å². The second-order valence-electron chi connectivity index (χ2n) is 5.48. The van der Waals surface area contributed by atoms with E-state index in [0.717, 1.165) is 5.75 Å². The lowest BCUT2D eigenvalue weighted by atomic mass is 9.94. The molecule has 0 saturated carbocycles. The SMILES string of the molecule is COc1ccc(C(=O)N2C=CC(C(O)c3ccco3)CC2)cc1. The molecule has 2 atom stereocenters. The van der Waals surface area contributed by atoms with Crippen LogP contribution in [0.15, 0.2) is 59.4 Å². The predicted molar refractivity (Wildman–Crippen MR) is 84.9 cm³/mol. The van der Waals surface area contributed by atoms with Crippen molar-refractivity contribution in [2.24, 2.45) is 5.92 Å². The third kappa shape index (κ3) is 3.29. The Kier molecular flexibility index (Phi) is 4.48. The molecule has 0 fully saturated rings. The summed E-state index contributed by atoms with van der Waals surface area (Å²) in [7, 11) is 1.59. The lowest BCUT2D eigenvalue weighted by Crippen LogP contribution is -2.32. The fraction of sp³-hybridized carbons (Fsp3) is 0.278. The van der Waals surface area contributed by atoms with E-state index in [1.165, 1.54) is 0 Å². The molecule has 1 amide bonds. The Morgan fingerprint density at radius 2 is 2.13 bits per heavy atom. The first-order chi connectivity index (χ1) is 11.2. The zero-order valence-corrected chi connectivity index (χ0v) is 12.9. The van der Waals surface area contributed by atoms with E-state index in [-0.39, 0.29) is 11.8 Å². The number of furan rings is 1. The average molecular weight is 313 g/mol. The van der Waals surface area contributed by atoms with E-state index in [4.69, 9.17) is 9.15 Å². The molecule has 1 aromatic carbocycles. The van der Waals surface area contributed by atoms with Gasteiger partial charge in [-0.2, -0.15) is 0 Å². The second kappa shape index (κ2) is 6.71. The fourth-order valence-corrected chi connectivity index (χ4v) is 2.68. The zero-order chi connectivity index (χ0) is 16.2. The molecule has 2 aromatic rings. The minimum Gasteiger partial charge on any atom is -0.497 e. The highest BCUT2D eigenvalue weighted by molar-refractivity contribution is 5.95. The predicted octanol–water partition coefficient (Wildman–Crippen LogP) is 3.00. The first-order valence-corrected chi connectivity index (χ1v) is 7.54. The lowest BCUT2D eigenvalue weighted by Gasteiger charge is -2.28. The molecule has 0 aliphatic carbocycles. The minimum absolute atomic E-state index is 0.0546. The van der Waals surface area contributed by atoms with Gasteiger partial charge in [-0.1, -0.05) is 6.08 Å². The standard InChI is InChI=1S/C18H19NO4/c1-22-15-6-4-14(5-7-15)18(21)19-10-8-13(9-11-19)17(20)16-3-2-12-23-16/h2-8,10,12-13,17,20H,9,11H2,1H3. The first kappa shape index (κ1) is 15.4. The molecule has 1 N–H and O–H groups in total. The van der Waals surface area contributed by atoms with Crippen molar-refractivity contribution in [1.82, 2.24) is 4.90 Å². The van der Waals surface area contributed by atoms with E-state index in [2.05, 4.69) is 0 Å². The van der Waals surface area contributed by atoms with Gasteiger partial charge >= 0.3 is 0 Å². The highest BCUT2D eigenvalue weighted by atomic mass is 16.5. The number of hydrogen-bond acceptors (Lipinski definition) is 4. The van der Waals surface area contributed by atoms with Gasteiger partial charge in [0.05, 0.1) is 13.4 Å². The van der Waals surface area contributed by atoms with Crippen LogP contribution in [0.1, 0.15) is 28.6 Å². The average Bonchev–Trinajstić information content (AvgIpc) is 3.15. The van der Waals surface area contributed by atoms with Gasteiger partial charge < -0.3 is 19.2 Å². The summed E-state index contributed by atoms with van der Waals surface area (Å²) in [5, 5.41) is 10.3. The highest BCUT2D eigenvalue weighted by Gasteiger charge is 2.26. The van der Waals surface area contributed by atoms with Crippen molar-refractivity contribution >= 4 is 5.91 Å². The Labute approximate surface area is 134 Å². The number of nitrogens with zero attached hydrogens (tertiary/aromatic N) is 1. The summed E-state index contributed by atoms with van der Waals surface area (Å²) in [5.74, 6) is 1.16. The van der Waals surface area contributed by atoms with Crippen LogP contribution in [0.25, 0.3) is 0 Å². The van der Waals surface area contributed by atoms with Crippen LogP contribution in [-0.4, -0.2) is 29.6 Å². The number of carbonyl (C=O) groups is 1. The van der Waals surface area contributed by atoms with Crippen LogP contribution in [0.4, 0.5) is 0 Å². The summed E-state index contributed by atoms with van der Waals surface area (Å²) < 4.78 is 10.3. The molecule has 1 aliphatic heterocycles. The Morgan fingerprint density at radius 1 is 1.35 bits per heavy atom. The molecular weight excluding hydrogens is 294 g/mol. The molecule has 1 aliphatic rings. The Bertz CT molecular complexity index is 676. The van der Waals surface area contributed by atoms with E-state index >= 15 is 0 Å². The van der Waals surface area contributed by atoms with Gasteiger partial charge in [-0.15, -0.1) is 0 Å². The maximum Gasteiger partial charge on any atom is 0.257 e. The molecule has 2 unspecified atom stereocenters. The number of carbonyl (C=O) groups excluding carboxylic acids is 1. The maximum absolute atomic E-state index is 12.5. The molecular formula is C18H19NO4. The van der Waals surface area contributed by atoms with Crippen LogP contribution < -0.4 is 4.74 Å². The number of aliphatic hydroxyl groups is 1. The molecule has 0 spiro atoms.